The molecule has 0 heterocycles. The van der Waals surface area contributed by atoms with Crippen molar-refractivity contribution in [2.45, 2.75) is 12.8 Å². The zero-order valence-electron chi connectivity index (χ0n) is 12.2. The molecule has 2 N–H and O–H groups in total. The maximum atomic E-state index is 12.7. The van der Waals surface area contributed by atoms with Crippen molar-refractivity contribution in [2.75, 3.05) is 0 Å². The second-order valence-corrected chi connectivity index (χ2v) is 4.94. The van der Waals surface area contributed by atoms with Gasteiger partial charge in [-0.3, -0.25) is 4.79 Å². The van der Waals surface area contributed by atoms with Crippen LogP contribution in [-0.4, -0.2) is 16.0 Å². The molecule has 0 amide bonds. The Kier molecular flexibility index (Phi) is 4.79. The molecular formula is C19H18O3. The van der Waals surface area contributed by atoms with Crippen molar-refractivity contribution in [2.24, 2.45) is 0 Å². The largest absolute Gasteiger partial charge is 0.504 e. The molecule has 0 fully saturated rings. The molecule has 0 aliphatic heterocycles. The first-order valence-electron chi connectivity index (χ1n) is 6.98. The molecule has 0 aromatic heterocycles. The van der Waals surface area contributed by atoms with Crippen LogP contribution < -0.4 is 0 Å². The van der Waals surface area contributed by atoms with E-state index in [1.54, 1.807) is 42.5 Å². The van der Waals surface area contributed by atoms with Gasteiger partial charge < -0.3 is 10.2 Å². The summed E-state index contributed by atoms with van der Waals surface area (Å²) in [4.78, 5) is 12.7. The van der Waals surface area contributed by atoms with E-state index in [1.165, 1.54) is 0 Å². The number of ketones is 1. The Bertz CT molecular complexity index is 715. The van der Waals surface area contributed by atoms with Crippen LogP contribution in [0.4, 0.5) is 0 Å². The first kappa shape index (κ1) is 15.6. The summed E-state index contributed by atoms with van der Waals surface area (Å²) in [6, 6.07) is 10.5. The molecule has 0 aliphatic rings. The average Bonchev–Trinajstić information content (AvgIpc) is 2.55. The van der Waals surface area contributed by atoms with Crippen molar-refractivity contribution in [1.29, 1.82) is 0 Å². The van der Waals surface area contributed by atoms with E-state index in [-0.39, 0.29) is 17.3 Å². The molecule has 0 bridgehead atoms. The minimum absolute atomic E-state index is 0.196. The standard InChI is InChI=1S/C19H18O3/c1-3-8-14-12-16(15(9-4-2)19(22)18(14)21)17(20)13-10-6-5-7-11-13/h3-7,10-12,21-22H,1-2,8-9H2. The van der Waals surface area contributed by atoms with Crippen LogP contribution in [-0.2, 0) is 12.8 Å². The number of hydrogen-bond acceptors (Lipinski definition) is 3. The van der Waals surface area contributed by atoms with Crippen LogP contribution in [0.1, 0.15) is 27.0 Å². The molecule has 2 aromatic rings. The molecule has 0 unspecified atom stereocenters. The lowest BCUT2D eigenvalue weighted by Gasteiger charge is -2.14. The van der Waals surface area contributed by atoms with Crippen molar-refractivity contribution in [1.82, 2.24) is 0 Å². The third-order valence-corrected chi connectivity index (χ3v) is 3.45. The Morgan fingerprint density at radius 3 is 2.23 bits per heavy atom. The summed E-state index contributed by atoms with van der Waals surface area (Å²) in [5, 5.41) is 20.3. The Labute approximate surface area is 129 Å². The quantitative estimate of drug-likeness (QED) is 0.484. The van der Waals surface area contributed by atoms with Gasteiger partial charge in [0.25, 0.3) is 0 Å². The normalized spacial score (nSPS) is 10.2. The number of benzene rings is 2. The van der Waals surface area contributed by atoms with Gasteiger partial charge in [-0.25, -0.2) is 0 Å². The Morgan fingerprint density at radius 2 is 1.64 bits per heavy atom. The summed E-state index contributed by atoms with van der Waals surface area (Å²) >= 11 is 0. The van der Waals surface area contributed by atoms with Gasteiger partial charge in [0.15, 0.2) is 17.3 Å². The lowest BCUT2D eigenvalue weighted by molar-refractivity contribution is 0.103. The molecular weight excluding hydrogens is 276 g/mol. The summed E-state index contributed by atoms with van der Waals surface area (Å²) < 4.78 is 0. The monoisotopic (exact) mass is 294 g/mol. The fourth-order valence-corrected chi connectivity index (χ4v) is 2.36. The van der Waals surface area contributed by atoms with Crippen LogP contribution in [0.3, 0.4) is 0 Å². The fraction of sp³-hybridized carbons (Fsp3) is 0.105. The van der Waals surface area contributed by atoms with Gasteiger partial charge in [0.05, 0.1) is 0 Å². The van der Waals surface area contributed by atoms with Crippen molar-refractivity contribution in [3.63, 3.8) is 0 Å². The summed E-state index contributed by atoms with van der Waals surface area (Å²) in [5.74, 6) is -0.669. The molecule has 3 heteroatoms. The van der Waals surface area contributed by atoms with Gasteiger partial charge in [-0.1, -0.05) is 42.5 Å². The van der Waals surface area contributed by atoms with E-state index >= 15 is 0 Å². The fourth-order valence-electron chi connectivity index (χ4n) is 2.36. The van der Waals surface area contributed by atoms with E-state index < -0.39 is 0 Å². The molecule has 2 aromatic carbocycles. The lowest BCUT2D eigenvalue weighted by atomic mass is 9.92. The molecule has 0 saturated heterocycles. The summed E-state index contributed by atoms with van der Waals surface area (Å²) in [5.41, 5.74) is 1.76. The number of rotatable bonds is 6. The number of phenols is 2. The van der Waals surface area contributed by atoms with Gasteiger partial charge in [-0.2, -0.15) is 0 Å². The molecule has 22 heavy (non-hydrogen) atoms. The zero-order valence-corrected chi connectivity index (χ0v) is 12.2. The second kappa shape index (κ2) is 6.76. The lowest BCUT2D eigenvalue weighted by Crippen LogP contribution is -2.07. The van der Waals surface area contributed by atoms with E-state index in [2.05, 4.69) is 13.2 Å². The van der Waals surface area contributed by atoms with E-state index in [4.69, 9.17) is 0 Å². The van der Waals surface area contributed by atoms with Crippen LogP contribution in [0.5, 0.6) is 11.5 Å². The highest BCUT2D eigenvalue weighted by Gasteiger charge is 2.21. The van der Waals surface area contributed by atoms with E-state index in [1.807, 2.05) is 6.07 Å². The van der Waals surface area contributed by atoms with Gasteiger partial charge in [0.1, 0.15) is 0 Å². The molecule has 0 atom stereocenters. The highest BCUT2D eigenvalue weighted by molar-refractivity contribution is 6.10. The minimum atomic E-state index is -0.265. The third kappa shape index (κ3) is 2.93. The van der Waals surface area contributed by atoms with Crippen LogP contribution >= 0.6 is 0 Å². The van der Waals surface area contributed by atoms with Gasteiger partial charge in [0, 0.05) is 22.3 Å². The number of phenolic OH excluding ortho intramolecular Hbond substituents is 2. The number of allylic oxidation sites excluding steroid dienone is 2. The third-order valence-electron chi connectivity index (χ3n) is 3.45. The predicted octanol–water partition coefficient (Wildman–Crippen LogP) is 3.79. The van der Waals surface area contributed by atoms with E-state index in [9.17, 15) is 15.0 Å². The van der Waals surface area contributed by atoms with Gasteiger partial charge >= 0.3 is 0 Å². The Hall–Kier alpha value is -2.81. The first-order valence-corrected chi connectivity index (χ1v) is 6.98. The van der Waals surface area contributed by atoms with Crippen LogP contribution in [0.15, 0.2) is 61.7 Å². The summed E-state index contributed by atoms with van der Waals surface area (Å²) in [7, 11) is 0. The number of carbonyl (C=O) groups excluding carboxylic acids is 1. The molecule has 0 radical (unpaired) electrons. The van der Waals surface area contributed by atoms with Crippen molar-refractivity contribution < 1.29 is 15.0 Å². The highest BCUT2D eigenvalue weighted by Crippen LogP contribution is 2.37. The Balaban J connectivity index is 2.64. The zero-order chi connectivity index (χ0) is 16.1. The van der Waals surface area contributed by atoms with Gasteiger partial charge in [0.2, 0.25) is 0 Å². The molecule has 0 spiro atoms. The van der Waals surface area contributed by atoms with Crippen LogP contribution in [0, 0.1) is 0 Å². The summed E-state index contributed by atoms with van der Waals surface area (Å²) in [6.07, 6.45) is 3.85. The molecule has 0 saturated carbocycles. The summed E-state index contributed by atoms with van der Waals surface area (Å²) in [6.45, 7) is 7.26. The Morgan fingerprint density at radius 1 is 1.00 bits per heavy atom. The van der Waals surface area contributed by atoms with Crippen LogP contribution in [0.2, 0.25) is 0 Å². The van der Waals surface area contributed by atoms with Gasteiger partial charge in [-0.15, -0.1) is 13.2 Å². The SMILES string of the molecule is C=CCc1cc(C(=O)c2ccccc2)c(CC=C)c(O)c1O. The topological polar surface area (TPSA) is 57.5 Å². The predicted molar refractivity (Wildman–Crippen MR) is 87.4 cm³/mol. The van der Waals surface area contributed by atoms with Crippen LogP contribution in [0.25, 0.3) is 0 Å². The molecule has 2 rings (SSSR count). The maximum Gasteiger partial charge on any atom is 0.193 e. The number of carbonyl (C=O) groups is 1. The minimum Gasteiger partial charge on any atom is -0.504 e. The first-order chi connectivity index (χ1) is 10.6. The number of aromatic hydroxyl groups is 2. The van der Waals surface area contributed by atoms with Gasteiger partial charge in [-0.05, 0) is 18.9 Å². The van der Waals surface area contributed by atoms with Crippen molar-refractivity contribution in [3.8, 4) is 11.5 Å². The maximum absolute atomic E-state index is 12.7. The molecule has 112 valence electrons. The van der Waals surface area contributed by atoms with E-state index in [0.717, 1.165) is 0 Å². The second-order valence-electron chi connectivity index (χ2n) is 4.94. The van der Waals surface area contributed by atoms with Crippen molar-refractivity contribution >= 4 is 5.78 Å². The molecule has 3 nitrogen and oxygen atoms in total. The highest BCUT2D eigenvalue weighted by atomic mass is 16.3. The smallest absolute Gasteiger partial charge is 0.193 e. The van der Waals surface area contributed by atoms with E-state index in [0.29, 0.717) is 35.1 Å². The average molecular weight is 294 g/mol. The van der Waals surface area contributed by atoms with Crippen molar-refractivity contribution in [3.05, 3.63) is 84.0 Å². The number of hydrogen-bond donors (Lipinski definition) is 2. The molecule has 0 aliphatic carbocycles.